The number of carboxylic acid groups (broad SMARTS) is 1. The van der Waals surface area contributed by atoms with E-state index in [0.717, 1.165) is 23.5 Å². The zero-order valence-corrected chi connectivity index (χ0v) is 14.3. The van der Waals surface area contributed by atoms with Gasteiger partial charge in [-0.25, -0.2) is 4.79 Å². The van der Waals surface area contributed by atoms with Crippen LogP contribution in [0.4, 0.5) is 5.69 Å². The standard InChI is InChI=1S/C20H23NO3/c1-13(2)15-8-9-19-18(10-15)21(11-14(3)24-19)12-16-6-4-5-7-17(16)20(22)23/h4-10,13-14H,11-12H2,1-3H3,(H,22,23). The van der Waals surface area contributed by atoms with Gasteiger partial charge in [-0.3, -0.25) is 0 Å². The molecule has 0 aliphatic carbocycles. The van der Waals surface area contributed by atoms with E-state index in [9.17, 15) is 9.90 Å². The maximum atomic E-state index is 11.5. The summed E-state index contributed by atoms with van der Waals surface area (Å²) in [6.07, 6.45) is 0.0689. The Hall–Kier alpha value is -2.49. The number of carbonyl (C=O) groups is 1. The Morgan fingerprint density at radius 2 is 2.04 bits per heavy atom. The van der Waals surface area contributed by atoms with Crippen molar-refractivity contribution in [2.75, 3.05) is 11.4 Å². The van der Waals surface area contributed by atoms with E-state index < -0.39 is 5.97 Å². The normalized spacial score (nSPS) is 16.7. The van der Waals surface area contributed by atoms with Gasteiger partial charge in [0.05, 0.1) is 17.8 Å². The van der Waals surface area contributed by atoms with Crippen LogP contribution in [0.2, 0.25) is 0 Å². The molecular weight excluding hydrogens is 302 g/mol. The number of hydrogen-bond acceptors (Lipinski definition) is 3. The SMILES string of the molecule is CC1CN(Cc2ccccc2C(=O)O)c2cc(C(C)C)ccc2O1. The van der Waals surface area contributed by atoms with Crippen LogP contribution in [0.5, 0.6) is 5.75 Å². The van der Waals surface area contributed by atoms with E-state index in [4.69, 9.17) is 4.74 Å². The summed E-state index contributed by atoms with van der Waals surface area (Å²) in [4.78, 5) is 13.7. The fourth-order valence-corrected chi connectivity index (χ4v) is 3.13. The first-order chi connectivity index (χ1) is 11.5. The molecule has 0 spiro atoms. The number of anilines is 1. The van der Waals surface area contributed by atoms with E-state index in [0.29, 0.717) is 18.0 Å². The molecule has 0 fully saturated rings. The van der Waals surface area contributed by atoms with Crippen molar-refractivity contribution in [3.63, 3.8) is 0 Å². The van der Waals surface area contributed by atoms with E-state index in [1.165, 1.54) is 5.56 Å². The number of benzene rings is 2. The average molecular weight is 325 g/mol. The summed E-state index contributed by atoms with van der Waals surface area (Å²) >= 11 is 0. The highest BCUT2D eigenvalue weighted by Crippen LogP contribution is 2.37. The first-order valence-electron chi connectivity index (χ1n) is 8.32. The molecule has 126 valence electrons. The number of rotatable bonds is 4. The van der Waals surface area contributed by atoms with E-state index in [2.05, 4.69) is 30.9 Å². The number of aromatic carboxylic acids is 1. The van der Waals surface area contributed by atoms with Gasteiger partial charge < -0.3 is 14.7 Å². The molecule has 0 aromatic heterocycles. The van der Waals surface area contributed by atoms with Crippen molar-refractivity contribution in [1.29, 1.82) is 0 Å². The lowest BCUT2D eigenvalue weighted by Gasteiger charge is -2.35. The number of carboxylic acids is 1. The molecule has 4 heteroatoms. The van der Waals surface area contributed by atoms with Crippen LogP contribution >= 0.6 is 0 Å². The Balaban J connectivity index is 1.98. The second-order valence-electron chi connectivity index (χ2n) is 6.65. The van der Waals surface area contributed by atoms with Crippen molar-refractivity contribution in [1.82, 2.24) is 0 Å². The molecule has 1 atom stereocenters. The van der Waals surface area contributed by atoms with Gasteiger partial charge in [0, 0.05) is 6.54 Å². The summed E-state index contributed by atoms with van der Waals surface area (Å²) in [5.74, 6) is 0.414. The highest BCUT2D eigenvalue weighted by Gasteiger charge is 2.25. The minimum Gasteiger partial charge on any atom is -0.487 e. The van der Waals surface area contributed by atoms with Gasteiger partial charge in [0.2, 0.25) is 0 Å². The quantitative estimate of drug-likeness (QED) is 0.911. The van der Waals surface area contributed by atoms with Crippen LogP contribution in [0.15, 0.2) is 42.5 Å². The number of ether oxygens (including phenoxy) is 1. The van der Waals surface area contributed by atoms with Crippen LogP contribution in [0, 0.1) is 0 Å². The Morgan fingerprint density at radius 3 is 2.75 bits per heavy atom. The van der Waals surface area contributed by atoms with Crippen LogP contribution < -0.4 is 9.64 Å². The van der Waals surface area contributed by atoms with Gasteiger partial charge in [-0.2, -0.15) is 0 Å². The summed E-state index contributed by atoms with van der Waals surface area (Å²) in [5, 5.41) is 9.42. The van der Waals surface area contributed by atoms with Gasteiger partial charge >= 0.3 is 5.97 Å². The largest absolute Gasteiger partial charge is 0.487 e. The van der Waals surface area contributed by atoms with Crippen molar-refractivity contribution in [3.05, 3.63) is 59.2 Å². The first kappa shape index (κ1) is 16.4. The summed E-state index contributed by atoms with van der Waals surface area (Å²) in [6.45, 7) is 7.67. The van der Waals surface area contributed by atoms with Gasteiger partial charge in [-0.05, 0) is 42.2 Å². The van der Waals surface area contributed by atoms with Crippen LogP contribution in [0.3, 0.4) is 0 Å². The van der Waals surface area contributed by atoms with Crippen LogP contribution in [-0.2, 0) is 6.54 Å². The molecule has 1 aliphatic rings. The van der Waals surface area contributed by atoms with Crippen molar-refractivity contribution < 1.29 is 14.6 Å². The van der Waals surface area contributed by atoms with Crippen LogP contribution in [0.25, 0.3) is 0 Å². The third-order valence-corrected chi connectivity index (χ3v) is 4.40. The summed E-state index contributed by atoms with van der Waals surface area (Å²) in [6, 6.07) is 13.5. The van der Waals surface area contributed by atoms with Gasteiger partial charge in [0.25, 0.3) is 0 Å². The van der Waals surface area contributed by atoms with Crippen molar-refractivity contribution in [2.24, 2.45) is 0 Å². The molecule has 2 aromatic rings. The van der Waals surface area contributed by atoms with Gasteiger partial charge in [-0.15, -0.1) is 0 Å². The first-order valence-corrected chi connectivity index (χ1v) is 8.32. The fraction of sp³-hybridized carbons (Fsp3) is 0.350. The molecule has 1 heterocycles. The Labute approximate surface area is 142 Å². The zero-order chi connectivity index (χ0) is 17.3. The summed E-state index contributed by atoms with van der Waals surface area (Å²) in [5.41, 5.74) is 3.47. The molecule has 3 rings (SSSR count). The summed E-state index contributed by atoms with van der Waals surface area (Å²) < 4.78 is 5.95. The van der Waals surface area contributed by atoms with Crippen LogP contribution in [0.1, 0.15) is 48.2 Å². The van der Waals surface area contributed by atoms with E-state index in [1.807, 2.05) is 25.1 Å². The molecule has 1 N–H and O–H groups in total. The second-order valence-corrected chi connectivity index (χ2v) is 6.65. The van der Waals surface area contributed by atoms with Crippen LogP contribution in [-0.4, -0.2) is 23.7 Å². The lowest BCUT2D eigenvalue weighted by molar-refractivity contribution is 0.0695. The molecule has 0 radical (unpaired) electrons. The topological polar surface area (TPSA) is 49.8 Å². The van der Waals surface area contributed by atoms with Crippen molar-refractivity contribution >= 4 is 11.7 Å². The third kappa shape index (κ3) is 3.23. The highest BCUT2D eigenvalue weighted by atomic mass is 16.5. The lowest BCUT2D eigenvalue weighted by atomic mass is 10.0. The molecule has 0 saturated heterocycles. The molecule has 1 unspecified atom stereocenters. The number of hydrogen-bond donors (Lipinski definition) is 1. The number of fused-ring (bicyclic) bond motifs is 1. The monoisotopic (exact) mass is 325 g/mol. The van der Waals surface area contributed by atoms with Gasteiger partial charge in [-0.1, -0.05) is 38.1 Å². The van der Waals surface area contributed by atoms with Crippen molar-refractivity contribution in [2.45, 2.75) is 39.3 Å². The van der Waals surface area contributed by atoms with E-state index in [-0.39, 0.29) is 6.10 Å². The Morgan fingerprint density at radius 1 is 1.29 bits per heavy atom. The maximum absolute atomic E-state index is 11.5. The molecule has 2 aromatic carbocycles. The predicted molar refractivity (Wildman–Crippen MR) is 95.1 cm³/mol. The predicted octanol–water partition coefficient (Wildman–Crippen LogP) is 4.30. The minimum absolute atomic E-state index is 0.0689. The van der Waals surface area contributed by atoms with Crippen molar-refractivity contribution in [3.8, 4) is 5.75 Å². The zero-order valence-electron chi connectivity index (χ0n) is 14.3. The molecule has 0 bridgehead atoms. The molecule has 0 amide bonds. The van der Waals surface area contributed by atoms with Gasteiger partial charge in [0.15, 0.2) is 0 Å². The van der Waals surface area contributed by atoms with Gasteiger partial charge in [0.1, 0.15) is 11.9 Å². The smallest absolute Gasteiger partial charge is 0.336 e. The maximum Gasteiger partial charge on any atom is 0.336 e. The average Bonchev–Trinajstić information content (AvgIpc) is 2.54. The number of nitrogens with zero attached hydrogens (tertiary/aromatic N) is 1. The Bertz CT molecular complexity index is 754. The second kappa shape index (κ2) is 6.56. The fourth-order valence-electron chi connectivity index (χ4n) is 3.13. The molecule has 0 saturated carbocycles. The van der Waals surface area contributed by atoms with E-state index in [1.54, 1.807) is 12.1 Å². The molecule has 1 aliphatic heterocycles. The Kier molecular flexibility index (Phi) is 4.47. The van der Waals surface area contributed by atoms with E-state index >= 15 is 0 Å². The third-order valence-electron chi connectivity index (χ3n) is 4.40. The summed E-state index contributed by atoms with van der Waals surface area (Å²) in [7, 11) is 0. The molecular formula is C20H23NO3. The minimum atomic E-state index is -0.886. The highest BCUT2D eigenvalue weighted by molar-refractivity contribution is 5.89. The molecule has 24 heavy (non-hydrogen) atoms. The lowest BCUT2D eigenvalue weighted by Crippen LogP contribution is -2.38. The molecule has 4 nitrogen and oxygen atoms in total.